The lowest BCUT2D eigenvalue weighted by molar-refractivity contribution is -0.137. The molecule has 2 N–H and O–H groups in total. The van der Waals surface area contributed by atoms with Crippen LogP contribution in [0.15, 0.2) is 12.4 Å². The molecule has 0 aliphatic rings. The van der Waals surface area contributed by atoms with E-state index in [9.17, 15) is 4.79 Å². The molecule has 0 bridgehead atoms. The third-order valence-corrected chi connectivity index (χ3v) is 1.93. The van der Waals surface area contributed by atoms with Gasteiger partial charge in [0.2, 0.25) is 0 Å². The second kappa shape index (κ2) is 4.25. The van der Waals surface area contributed by atoms with Gasteiger partial charge in [0.1, 0.15) is 5.82 Å². The standard InChI is InChI=1S/C10H15N3O2/c1-7-9(12-5-4-11-7)13-10(2,3)6-8(14)15/h4-5H,6H2,1-3H3,(H,12,13)(H,14,15). The van der Waals surface area contributed by atoms with Crippen LogP contribution in [0.25, 0.3) is 0 Å². The van der Waals surface area contributed by atoms with Gasteiger partial charge < -0.3 is 10.4 Å². The molecular weight excluding hydrogens is 194 g/mol. The topological polar surface area (TPSA) is 75.1 Å². The van der Waals surface area contributed by atoms with Crippen LogP contribution in [-0.4, -0.2) is 26.6 Å². The molecule has 1 aromatic heterocycles. The number of hydrogen-bond donors (Lipinski definition) is 2. The van der Waals surface area contributed by atoms with Crippen LogP contribution in [0.1, 0.15) is 26.0 Å². The number of hydrogen-bond acceptors (Lipinski definition) is 4. The molecule has 0 spiro atoms. The van der Waals surface area contributed by atoms with Gasteiger partial charge in [0.05, 0.1) is 12.1 Å². The summed E-state index contributed by atoms with van der Waals surface area (Å²) in [6.45, 7) is 5.46. The largest absolute Gasteiger partial charge is 0.481 e. The quantitative estimate of drug-likeness (QED) is 0.785. The fraction of sp³-hybridized carbons (Fsp3) is 0.500. The van der Waals surface area contributed by atoms with Crippen molar-refractivity contribution in [2.24, 2.45) is 0 Å². The van der Waals surface area contributed by atoms with Crippen LogP contribution in [0.2, 0.25) is 0 Å². The minimum Gasteiger partial charge on any atom is -0.481 e. The summed E-state index contributed by atoms with van der Waals surface area (Å²) in [5.41, 5.74) is 0.225. The molecule has 0 saturated carbocycles. The zero-order chi connectivity index (χ0) is 11.5. The van der Waals surface area contributed by atoms with Crippen LogP contribution in [0.4, 0.5) is 5.82 Å². The number of aryl methyl sites for hydroxylation is 1. The Bertz CT molecular complexity index is 363. The number of carboxylic acids is 1. The molecule has 82 valence electrons. The van der Waals surface area contributed by atoms with Crippen molar-refractivity contribution in [3.8, 4) is 0 Å². The number of carbonyl (C=O) groups is 1. The number of carboxylic acid groups (broad SMARTS) is 1. The smallest absolute Gasteiger partial charge is 0.305 e. The van der Waals surface area contributed by atoms with Gasteiger partial charge in [-0.3, -0.25) is 9.78 Å². The summed E-state index contributed by atoms with van der Waals surface area (Å²) in [5, 5.41) is 11.8. The molecule has 0 unspecified atom stereocenters. The number of aliphatic carboxylic acids is 1. The summed E-state index contributed by atoms with van der Waals surface area (Å²) in [7, 11) is 0. The number of rotatable bonds is 4. The highest BCUT2D eigenvalue weighted by Gasteiger charge is 2.22. The molecule has 1 rings (SSSR count). The van der Waals surface area contributed by atoms with Gasteiger partial charge >= 0.3 is 5.97 Å². The normalized spacial score (nSPS) is 11.1. The Morgan fingerprint density at radius 1 is 1.47 bits per heavy atom. The Balaban J connectivity index is 2.77. The van der Waals surface area contributed by atoms with Crippen LogP contribution >= 0.6 is 0 Å². The SMILES string of the molecule is Cc1nccnc1NC(C)(C)CC(=O)O. The van der Waals surface area contributed by atoms with Crippen LogP contribution in [0.3, 0.4) is 0 Å². The Hall–Kier alpha value is -1.65. The van der Waals surface area contributed by atoms with E-state index in [0.717, 1.165) is 5.69 Å². The van der Waals surface area contributed by atoms with Gasteiger partial charge in [0.25, 0.3) is 0 Å². The average Bonchev–Trinajstić information content (AvgIpc) is 2.06. The number of nitrogens with one attached hydrogen (secondary N) is 1. The molecule has 15 heavy (non-hydrogen) atoms. The lowest BCUT2D eigenvalue weighted by Crippen LogP contribution is -2.34. The van der Waals surface area contributed by atoms with Crippen molar-refractivity contribution in [3.05, 3.63) is 18.1 Å². The van der Waals surface area contributed by atoms with Crippen molar-refractivity contribution in [2.75, 3.05) is 5.32 Å². The van der Waals surface area contributed by atoms with Gasteiger partial charge in [-0.15, -0.1) is 0 Å². The molecule has 0 amide bonds. The Morgan fingerprint density at radius 2 is 2.07 bits per heavy atom. The summed E-state index contributed by atoms with van der Waals surface area (Å²) in [6, 6.07) is 0. The molecule has 0 saturated heterocycles. The zero-order valence-electron chi connectivity index (χ0n) is 9.11. The van der Waals surface area contributed by atoms with E-state index in [4.69, 9.17) is 5.11 Å². The fourth-order valence-corrected chi connectivity index (χ4v) is 1.27. The van der Waals surface area contributed by atoms with Crippen molar-refractivity contribution in [3.63, 3.8) is 0 Å². The van der Waals surface area contributed by atoms with Gasteiger partial charge in [0.15, 0.2) is 0 Å². The van der Waals surface area contributed by atoms with Gasteiger partial charge in [-0.2, -0.15) is 0 Å². The lowest BCUT2D eigenvalue weighted by Gasteiger charge is -2.25. The summed E-state index contributed by atoms with van der Waals surface area (Å²) >= 11 is 0. The van der Waals surface area contributed by atoms with E-state index in [2.05, 4.69) is 15.3 Å². The maximum atomic E-state index is 10.6. The lowest BCUT2D eigenvalue weighted by atomic mass is 10.0. The van der Waals surface area contributed by atoms with Crippen LogP contribution < -0.4 is 5.32 Å². The summed E-state index contributed by atoms with van der Waals surface area (Å²) in [6.07, 6.45) is 3.21. The molecule has 0 aliphatic heterocycles. The van der Waals surface area contributed by atoms with E-state index in [-0.39, 0.29) is 6.42 Å². The molecular formula is C10H15N3O2. The molecule has 0 aliphatic carbocycles. The van der Waals surface area contributed by atoms with Crippen molar-refractivity contribution in [1.82, 2.24) is 9.97 Å². The highest BCUT2D eigenvalue weighted by molar-refractivity contribution is 5.69. The second-order valence-corrected chi connectivity index (χ2v) is 4.07. The Kier molecular flexibility index (Phi) is 3.24. The predicted octanol–water partition coefficient (Wildman–Crippen LogP) is 1.45. The van der Waals surface area contributed by atoms with Crippen molar-refractivity contribution in [2.45, 2.75) is 32.7 Å². The highest BCUT2D eigenvalue weighted by atomic mass is 16.4. The van der Waals surface area contributed by atoms with Crippen LogP contribution in [0, 0.1) is 6.92 Å². The maximum Gasteiger partial charge on any atom is 0.305 e. The van der Waals surface area contributed by atoms with E-state index in [0.29, 0.717) is 5.82 Å². The van der Waals surface area contributed by atoms with E-state index in [1.165, 1.54) is 0 Å². The first kappa shape index (κ1) is 11.4. The summed E-state index contributed by atoms with van der Waals surface area (Å²) in [4.78, 5) is 18.8. The Labute approximate surface area is 88.6 Å². The number of nitrogens with zero attached hydrogens (tertiary/aromatic N) is 2. The van der Waals surface area contributed by atoms with E-state index in [1.54, 1.807) is 12.4 Å². The third-order valence-electron chi connectivity index (χ3n) is 1.93. The first-order valence-corrected chi connectivity index (χ1v) is 4.68. The van der Waals surface area contributed by atoms with E-state index in [1.807, 2.05) is 20.8 Å². The van der Waals surface area contributed by atoms with Crippen LogP contribution in [0.5, 0.6) is 0 Å². The summed E-state index contributed by atoms with van der Waals surface area (Å²) in [5.74, 6) is -0.210. The molecule has 1 aromatic rings. The van der Waals surface area contributed by atoms with Gasteiger partial charge in [-0.1, -0.05) is 0 Å². The van der Waals surface area contributed by atoms with Gasteiger partial charge in [-0.05, 0) is 20.8 Å². The minimum absolute atomic E-state index is 0.0308. The maximum absolute atomic E-state index is 10.6. The molecule has 0 fully saturated rings. The fourth-order valence-electron chi connectivity index (χ4n) is 1.27. The first-order chi connectivity index (χ1) is 6.91. The average molecular weight is 209 g/mol. The minimum atomic E-state index is -0.839. The molecule has 0 radical (unpaired) electrons. The van der Waals surface area contributed by atoms with Crippen LogP contribution in [-0.2, 0) is 4.79 Å². The monoisotopic (exact) mass is 209 g/mol. The first-order valence-electron chi connectivity index (χ1n) is 4.68. The van der Waals surface area contributed by atoms with E-state index < -0.39 is 11.5 Å². The molecule has 5 heteroatoms. The second-order valence-electron chi connectivity index (χ2n) is 4.07. The molecule has 1 heterocycles. The summed E-state index contributed by atoms with van der Waals surface area (Å²) < 4.78 is 0. The zero-order valence-corrected chi connectivity index (χ0v) is 9.11. The third kappa shape index (κ3) is 3.53. The van der Waals surface area contributed by atoms with Gasteiger partial charge in [0, 0.05) is 17.9 Å². The van der Waals surface area contributed by atoms with Crippen molar-refractivity contribution < 1.29 is 9.90 Å². The number of anilines is 1. The van der Waals surface area contributed by atoms with Crippen molar-refractivity contribution >= 4 is 11.8 Å². The Morgan fingerprint density at radius 3 is 2.60 bits per heavy atom. The molecule has 5 nitrogen and oxygen atoms in total. The molecule has 0 atom stereocenters. The van der Waals surface area contributed by atoms with Crippen molar-refractivity contribution in [1.29, 1.82) is 0 Å². The van der Waals surface area contributed by atoms with E-state index >= 15 is 0 Å². The molecule has 0 aromatic carbocycles. The number of aromatic nitrogens is 2. The predicted molar refractivity (Wildman–Crippen MR) is 56.7 cm³/mol. The highest BCUT2D eigenvalue weighted by Crippen LogP contribution is 2.17. The van der Waals surface area contributed by atoms with Gasteiger partial charge in [-0.25, -0.2) is 4.98 Å².